The molecule has 0 radical (unpaired) electrons. The summed E-state index contributed by atoms with van der Waals surface area (Å²) in [5.41, 5.74) is 13.5. The second kappa shape index (κ2) is 13.2. The fourth-order valence-corrected chi connectivity index (χ4v) is 8.42. The molecule has 0 spiro atoms. The van der Waals surface area contributed by atoms with E-state index in [4.69, 9.17) is 15.0 Å². The summed E-state index contributed by atoms with van der Waals surface area (Å²) in [6, 6.07) is 62.1. The van der Waals surface area contributed by atoms with E-state index in [0.717, 1.165) is 51.8 Å². The predicted molar refractivity (Wildman–Crippen MR) is 230 cm³/mol. The maximum Gasteiger partial charge on any atom is 0.238 e. The van der Waals surface area contributed by atoms with Gasteiger partial charge in [-0.3, -0.25) is 4.57 Å². The number of hydrogen-bond donors (Lipinski definition) is 0. The monoisotopic (exact) mass is 717 g/mol. The number of benzene rings is 7. The molecule has 0 bridgehead atoms. The first-order valence-corrected chi connectivity index (χ1v) is 19.2. The summed E-state index contributed by atoms with van der Waals surface area (Å²) in [7, 11) is 0. The van der Waals surface area contributed by atoms with Gasteiger partial charge in [0.2, 0.25) is 5.95 Å². The molecule has 0 N–H and O–H groups in total. The Morgan fingerprint density at radius 2 is 0.982 bits per heavy atom. The van der Waals surface area contributed by atoms with E-state index in [1.54, 1.807) is 0 Å². The van der Waals surface area contributed by atoms with Crippen molar-refractivity contribution in [3.05, 3.63) is 193 Å². The van der Waals surface area contributed by atoms with Gasteiger partial charge in [-0.15, -0.1) is 0 Å². The van der Waals surface area contributed by atoms with Crippen molar-refractivity contribution in [2.24, 2.45) is 0 Å². The van der Waals surface area contributed by atoms with Gasteiger partial charge in [-0.25, -0.2) is 4.98 Å². The molecule has 0 atom stereocenters. The third-order valence-electron chi connectivity index (χ3n) is 11.0. The normalized spacial score (nSPS) is 12.4. The molecule has 0 saturated carbocycles. The van der Waals surface area contributed by atoms with E-state index in [1.165, 1.54) is 44.1 Å². The highest BCUT2D eigenvalue weighted by molar-refractivity contribution is 6.14. The lowest BCUT2D eigenvalue weighted by Gasteiger charge is -2.14. The van der Waals surface area contributed by atoms with Gasteiger partial charge in [-0.2, -0.15) is 9.97 Å². The zero-order chi connectivity index (χ0) is 37.0. The zero-order valence-electron chi connectivity index (χ0n) is 30.5. The molecule has 11 rings (SSSR count). The first kappa shape index (κ1) is 32.1. The maximum absolute atomic E-state index is 5.32. The van der Waals surface area contributed by atoms with Crippen molar-refractivity contribution in [3.63, 3.8) is 0 Å². The molecule has 0 amide bonds. The van der Waals surface area contributed by atoms with E-state index in [9.17, 15) is 0 Å². The minimum Gasteiger partial charge on any atom is -0.309 e. The van der Waals surface area contributed by atoms with Crippen LogP contribution in [0.5, 0.6) is 0 Å². The number of allylic oxidation sites excluding steroid dienone is 1. The number of rotatable bonds is 6. The Labute approximate surface area is 324 Å². The lowest BCUT2D eigenvalue weighted by Crippen LogP contribution is -2.10. The van der Waals surface area contributed by atoms with E-state index < -0.39 is 0 Å². The van der Waals surface area contributed by atoms with Crippen molar-refractivity contribution in [1.82, 2.24) is 24.1 Å². The van der Waals surface area contributed by atoms with Gasteiger partial charge in [0, 0.05) is 44.2 Å². The van der Waals surface area contributed by atoms with Gasteiger partial charge in [-0.05, 0) is 71.5 Å². The number of nitrogens with zero attached hydrogens (tertiary/aromatic N) is 5. The first-order valence-electron chi connectivity index (χ1n) is 19.2. The average molecular weight is 718 g/mol. The third-order valence-corrected chi connectivity index (χ3v) is 11.0. The molecule has 0 saturated heterocycles. The summed E-state index contributed by atoms with van der Waals surface area (Å²) >= 11 is 0. The number of fused-ring (bicyclic) bond motifs is 6. The molecule has 0 aliphatic heterocycles. The lowest BCUT2D eigenvalue weighted by atomic mass is 10.0. The highest BCUT2D eigenvalue weighted by atomic mass is 15.2. The Morgan fingerprint density at radius 3 is 1.73 bits per heavy atom. The van der Waals surface area contributed by atoms with Crippen LogP contribution in [-0.4, -0.2) is 24.1 Å². The van der Waals surface area contributed by atoms with Crippen LogP contribution in [0.2, 0.25) is 0 Å². The van der Waals surface area contributed by atoms with E-state index in [0.29, 0.717) is 17.6 Å². The van der Waals surface area contributed by atoms with Crippen molar-refractivity contribution in [1.29, 1.82) is 0 Å². The highest BCUT2D eigenvalue weighted by Gasteiger charge is 2.24. The molecule has 5 nitrogen and oxygen atoms in total. The quantitative estimate of drug-likeness (QED) is 0.172. The van der Waals surface area contributed by atoms with E-state index in [-0.39, 0.29) is 0 Å². The molecular weight excluding hydrogens is 683 g/mol. The minimum atomic E-state index is 0.619. The minimum absolute atomic E-state index is 0.619. The van der Waals surface area contributed by atoms with Gasteiger partial charge in [0.15, 0.2) is 11.6 Å². The largest absolute Gasteiger partial charge is 0.309 e. The molecule has 5 heteroatoms. The lowest BCUT2D eigenvalue weighted by molar-refractivity contribution is 0.839. The Bertz CT molecular complexity index is 3120. The Morgan fingerprint density at radius 1 is 0.393 bits per heavy atom. The number of hydrogen-bond acceptors (Lipinski definition) is 3. The van der Waals surface area contributed by atoms with Crippen LogP contribution in [-0.2, 0) is 6.42 Å². The molecule has 264 valence electrons. The smallest absolute Gasteiger partial charge is 0.238 e. The molecular formula is C51H35N5. The standard InChI is InChI=1S/C51H35N5/c1-4-16-34(17-5-1)37-22-14-24-39(30-37)50-52-49(36-20-8-3-9-21-36)53-51(54-50)56-46-29-13-11-27-42(46)44-32-43-41-26-10-12-28-45(41)55(47(43)33-48(44)56)40-25-15-23-38(31-40)35-18-6-2-7-19-35/h1-12,14-28,30-33H,13,29H2. The molecule has 3 aromatic heterocycles. The van der Waals surface area contributed by atoms with Gasteiger partial charge in [-0.1, -0.05) is 152 Å². The van der Waals surface area contributed by atoms with Crippen LogP contribution in [0.4, 0.5) is 0 Å². The van der Waals surface area contributed by atoms with Crippen molar-refractivity contribution >= 4 is 38.8 Å². The number of aromatic nitrogens is 5. The molecule has 1 aliphatic carbocycles. The third kappa shape index (κ3) is 5.36. The van der Waals surface area contributed by atoms with E-state index >= 15 is 0 Å². The molecule has 0 fully saturated rings. The molecule has 7 aromatic carbocycles. The van der Waals surface area contributed by atoms with Crippen LogP contribution in [0.25, 0.3) is 95.5 Å². The summed E-state index contributed by atoms with van der Waals surface area (Å²) in [4.78, 5) is 15.7. The fraction of sp³-hybridized carbons (Fsp3) is 0.0392. The van der Waals surface area contributed by atoms with Crippen LogP contribution < -0.4 is 0 Å². The first-order chi connectivity index (χ1) is 27.8. The van der Waals surface area contributed by atoms with E-state index in [1.807, 2.05) is 24.3 Å². The van der Waals surface area contributed by atoms with Gasteiger partial charge in [0.25, 0.3) is 0 Å². The highest BCUT2D eigenvalue weighted by Crippen LogP contribution is 2.41. The summed E-state index contributed by atoms with van der Waals surface area (Å²) in [5.74, 6) is 1.90. The van der Waals surface area contributed by atoms with Gasteiger partial charge < -0.3 is 4.57 Å². The predicted octanol–water partition coefficient (Wildman–Crippen LogP) is 12.5. The van der Waals surface area contributed by atoms with Crippen LogP contribution in [0.3, 0.4) is 0 Å². The topological polar surface area (TPSA) is 48.5 Å². The second-order valence-electron chi connectivity index (χ2n) is 14.4. The molecule has 0 unspecified atom stereocenters. The summed E-state index contributed by atoms with van der Waals surface area (Å²) < 4.78 is 4.71. The van der Waals surface area contributed by atoms with Crippen molar-refractivity contribution < 1.29 is 0 Å². The van der Waals surface area contributed by atoms with Gasteiger partial charge in [0.05, 0.1) is 16.6 Å². The Balaban J connectivity index is 1.18. The Kier molecular flexibility index (Phi) is 7.56. The second-order valence-corrected chi connectivity index (χ2v) is 14.4. The van der Waals surface area contributed by atoms with Crippen LogP contribution in [0, 0.1) is 0 Å². The van der Waals surface area contributed by atoms with Crippen LogP contribution in [0.1, 0.15) is 17.7 Å². The van der Waals surface area contributed by atoms with Crippen molar-refractivity contribution in [2.45, 2.75) is 12.8 Å². The summed E-state index contributed by atoms with van der Waals surface area (Å²) in [6.07, 6.45) is 6.41. The molecule has 56 heavy (non-hydrogen) atoms. The SMILES string of the molecule is C1=Cc2c(n(-c3nc(-c4ccccc4)nc(-c4cccc(-c5ccccc5)c4)n3)c3cc4c(cc23)c2ccccc2n4-c2cccc(-c3ccccc3)c2)CC1. The zero-order valence-corrected chi connectivity index (χ0v) is 30.5. The molecule has 10 aromatic rings. The molecule has 1 aliphatic rings. The summed E-state index contributed by atoms with van der Waals surface area (Å²) in [6.45, 7) is 0. The summed E-state index contributed by atoms with van der Waals surface area (Å²) in [5, 5.41) is 3.64. The maximum atomic E-state index is 5.32. The van der Waals surface area contributed by atoms with Gasteiger partial charge >= 0.3 is 0 Å². The number of para-hydroxylation sites is 1. The van der Waals surface area contributed by atoms with Crippen LogP contribution in [0.15, 0.2) is 182 Å². The fourth-order valence-electron chi connectivity index (χ4n) is 8.42. The van der Waals surface area contributed by atoms with Crippen molar-refractivity contribution in [3.8, 4) is 56.7 Å². The average Bonchev–Trinajstić information content (AvgIpc) is 3.78. The van der Waals surface area contributed by atoms with Crippen molar-refractivity contribution in [2.75, 3.05) is 0 Å². The molecule has 3 heterocycles. The van der Waals surface area contributed by atoms with Gasteiger partial charge in [0.1, 0.15) is 0 Å². The van der Waals surface area contributed by atoms with E-state index in [2.05, 4.69) is 173 Å². The Hall–Kier alpha value is -7.37. The van der Waals surface area contributed by atoms with Crippen LogP contribution >= 0.6 is 0 Å².